The molecule has 0 aromatic rings. The first-order valence-electron chi connectivity index (χ1n) is 8.81. The van der Waals surface area contributed by atoms with Crippen LogP contribution in [0.2, 0.25) is 0 Å². The van der Waals surface area contributed by atoms with E-state index < -0.39 is 18.0 Å². The van der Waals surface area contributed by atoms with Crippen LogP contribution in [-0.4, -0.2) is 37.2 Å². The molecule has 1 unspecified atom stereocenters. The predicted octanol–water partition coefficient (Wildman–Crippen LogP) is 3.50. The average molecular weight is 354 g/mol. The molecule has 0 aliphatic heterocycles. The molecule has 0 saturated carbocycles. The van der Waals surface area contributed by atoms with Crippen LogP contribution in [0, 0.1) is 0 Å². The molecule has 0 saturated heterocycles. The van der Waals surface area contributed by atoms with Gasteiger partial charge < -0.3 is 14.2 Å². The minimum atomic E-state index is -0.868. The Kier molecular flexibility index (Phi) is 14.1. The Labute approximate surface area is 150 Å². The number of carbonyl (C=O) groups is 3. The molecule has 0 radical (unpaired) electrons. The van der Waals surface area contributed by atoms with Crippen molar-refractivity contribution in [2.75, 3.05) is 13.2 Å². The molecular formula is C19H30O6. The van der Waals surface area contributed by atoms with E-state index in [1.54, 1.807) is 0 Å². The topological polar surface area (TPSA) is 78.9 Å². The smallest absolute Gasteiger partial charge is 0.330 e. The summed E-state index contributed by atoms with van der Waals surface area (Å²) in [5.74, 6) is -1.68. The second-order valence-electron chi connectivity index (χ2n) is 5.65. The molecule has 0 heterocycles. The molecule has 0 N–H and O–H groups in total. The summed E-state index contributed by atoms with van der Waals surface area (Å²) in [7, 11) is 0. The van der Waals surface area contributed by atoms with Gasteiger partial charge in [0, 0.05) is 18.6 Å². The van der Waals surface area contributed by atoms with Crippen molar-refractivity contribution in [1.29, 1.82) is 0 Å². The summed E-state index contributed by atoms with van der Waals surface area (Å²) in [6.45, 7) is 8.36. The van der Waals surface area contributed by atoms with E-state index in [2.05, 4.69) is 20.1 Å². The summed E-state index contributed by atoms with van der Waals surface area (Å²) in [6, 6.07) is 0. The molecule has 142 valence electrons. The first kappa shape index (κ1) is 22.9. The fourth-order valence-electron chi connectivity index (χ4n) is 2.05. The molecule has 6 heteroatoms. The van der Waals surface area contributed by atoms with E-state index in [0.29, 0.717) is 6.42 Å². The number of hydrogen-bond donors (Lipinski definition) is 0. The molecule has 0 spiro atoms. The Balaban J connectivity index is 4.01. The minimum Gasteiger partial charge on any atom is -0.462 e. The van der Waals surface area contributed by atoms with Gasteiger partial charge >= 0.3 is 17.9 Å². The Morgan fingerprint density at radius 3 is 2.00 bits per heavy atom. The second-order valence-corrected chi connectivity index (χ2v) is 5.65. The number of carbonyl (C=O) groups excluding carboxylic acids is 3. The summed E-state index contributed by atoms with van der Waals surface area (Å²) in [6.07, 6.45) is 9.21. The lowest BCUT2D eigenvalue weighted by Crippen LogP contribution is -2.30. The van der Waals surface area contributed by atoms with Crippen molar-refractivity contribution in [3.63, 3.8) is 0 Å². The average Bonchev–Trinajstić information content (AvgIpc) is 2.62. The molecular weight excluding hydrogens is 324 g/mol. The van der Waals surface area contributed by atoms with Crippen molar-refractivity contribution in [3.05, 3.63) is 25.3 Å². The third-order valence-corrected chi connectivity index (χ3v) is 3.44. The molecule has 1 atom stereocenters. The van der Waals surface area contributed by atoms with Crippen molar-refractivity contribution in [3.8, 4) is 0 Å². The molecule has 0 fully saturated rings. The van der Waals surface area contributed by atoms with Crippen LogP contribution < -0.4 is 0 Å². The zero-order chi connectivity index (χ0) is 18.9. The SMILES string of the molecule is C=CC(=O)OCC(COC(=O)CCCCCCCCC)OC(=O)C=C. The van der Waals surface area contributed by atoms with Gasteiger partial charge in [0.2, 0.25) is 0 Å². The second kappa shape index (κ2) is 15.4. The Morgan fingerprint density at radius 1 is 0.840 bits per heavy atom. The predicted molar refractivity (Wildman–Crippen MR) is 94.8 cm³/mol. The first-order chi connectivity index (χ1) is 12.0. The Hall–Kier alpha value is -2.11. The number of ether oxygens (including phenoxy) is 3. The molecule has 0 bridgehead atoms. The van der Waals surface area contributed by atoms with Crippen molar-refractivity contribution in [2.24, 2.45) is 0 Å². The molecule has 0 aliphatic rings. The fourth-order valence-corrected chi connectivity index (χ4v) is 2.05. The van der Waals surface area contributed by atoms with Gasteiger partial charge in [-0.1, -0.05) is 58.6 Å². The number of hydrogen-bond acceptors (Lipinski definition) is 6. The Bertz CT molecular complexity index is 430. The highest BCUT2D eigenvalue weighted by atomic mass is 16.6. The maximum Gasteiger partial charge on any atom is 0.330 e. The minimum absolute atomic E-state index is 0.167. The van der Waals surface area contributed by atoms with E-state index in [0.717, 1.165) is 31.4 Å². The van der Waals surface area contributed by atoms with E-state index >= 15 is 0 Å². The largest absolute Gasteiger partial charge is 0.462 e. The Morgan fingerprint density at radius 2 is 1.40 bits per heavy atom. The van der Waals surface area contributed by atoms with Crippen LogP contribution in [0.4, 0.5) is 0 Å². The van der Waals surface area contributed by atoms with Crippen LogP contribution in [0.15, 0.2) is 25.3 Å². The first-order valence-corrected chi connectivity index (χ1v) is 8.81. The van der Waals surface area contributed by atoms with Gasteiger partial charge in [-0.3, -0.25) is 4.79 Å². The number of esters is 3. The fraction of sp³-hybridized carbons (Fsp3) is 0.632. The zero-order valence-electron chi connectivity index (χ0n) is 15.2. The summed E-state index contributed by atoms with van der Waals surface area (Å²) < 4.78 is 14.9. The monoisotopic (exact) mass is 354 g/mol. The highest BCUT2D eigenvalue weighted by Gasteiger charge is 2.17. The van der Waals surface area contributed by atoms with Crippen LogP contribution in [0.25, 0.3) is 0 Å². The van der Waals surface area contributed by atoms with Gasteiger partial charge in [-0.25, -0.2) is 9.59 Å². The van der Waals surface area contributed by atoms with Crippen molar-refractivity contribution < 1.29 is 28.6 Å². The van der Waals surface area contributed by atoms with Gasteiger partial charge in [0.05, 0.1) is 0 Å². The standard InChI is InChI=1S/C19H30O6/c1-4-7-8-9-10-11-12-13-19(22)24-15-16(25-18(21)6-3)14-23-17(20)5-2/h5-6,16H,2-4,7-15H2,1H3. The lowest BCUT2D eigenvalue weighted by Gasteiger charge is -2.16. The van der Waals surface area contributed by atoms with Crippen LogP contribution in [0.1, 0.15) is 58.3 Å². The van der Waals surface area contributed by atoms with Gasteiger partial charge in [-0.05, 0) is 6.42 Å². The molecule has 0 aliphatic carbocycles. The van der Waals surface area contributed by atoms with Crippen LogP contribution in [-0.2, 0) is 28.6 Å². The summed E-state index contributed by atoms with van der Waals surface area (Å²) in [5, 5.41) is 0. The molecule has 25 heavy (non-hydrogen) atoms. The maximum absolute atomic E-state index is 11.7. The van der Waals surface area contributed by atoms with Gasteiger partial charge in [0.15, 0.2) is 6.10 Å². The van der Waals surface area contributed by atoms with Crippen LogP contribution >= 0.6 is 0 Å². The molecule has 0 amide bonds. The van der Waals surface area contributed by atoms with Gasteiger partial charge in [-0.15, -0.1) is 0 Å². The van der Waals surface area contributed by atoms with Crippen molar-refractivity contribution in [2.45, 2.75) is 64.4 Å². The highest BCUT2D eigenvalue weighted by molar-refractivity contribution is 5.82. The quantitative estimate of drug-likeness (QED) is 0.194. The van der Waals surface area contributed by atoms with E-state index in [9.17, 15) is 14.4 Å². The lowest BCUT2D eigenvalue weighted by atomic mass is 10.1. The van der Waals surface area contributed by atoms with Gasteiger partial charge in [0.25, 0.3) is 0 Å². The molecule has 0 aromatic carbocycles. The van der Waals surface area contributed by atoms with Crippen LogP contribution in [0.5, 0.6) is 0 Å². The van der Waals surface area contributed by atoms with Crippen molar-refractivity contribution >= 4 is 17.9 Å². The van der Waals surface area contributed by atoms with E-state index in [4.69, 9.17) is 14.2 Å². The van der Waals surface area contributed by atoms with E-state index in [1.807, 2.05) is 0 Å². The van der Waals surface area contributed by atoms with Gasteiger partial charge in [-0.2, -0.15) is 0 Å². The summed E-state index contributed by atoms with van der Waals surface area (Å²) >= 11 is 0. The summed E-state index contributed by atoms with van der Waals surface area (Å²) in [5.41, 5.74) is 0. The summed E-state index contributed by atoms with van der Waals surface area (Å²) in [4.78, 5) is 34.1. The van der Waals surface area contributed by atoms with Crippen molar-refractivity contribution in [1.82, 2.24) is 0 Å². The third kappa shape index (κ3) is 14.0. The molecule has 6 nitrogen and oxygen atoms in total. The maximum atomic E-state index is 11.7. The van der Waals surface area contributed by atoms with E-state index in [-0.39, 0.29) is 19.2 Å². The molecule has 0 rings (SSSR count). The number of rotatable bonds is 15. The normalized spacial score (nSPS) is 11.2. The molecule has 0 aromatic heterocycles. The van der Waals surface area contributed by atoms with Crippen LogP contribution in [0.3, 0.4) is 0 Å². The zero-order valence-corrected chi connectivity index (χ0v) is 15.2. The van der Waals surface area contributed by atoms with Gasteiger partial charge in [0.1, 0.15) is 13.2 Å². The van der Waals surface area contributed by atoms with E-state index in [1.165, 1.54) is 25.7 Å². The lowest BCUT2D eigenvalue weighted by molar-refractivity contribution is -0.162. The third-order valence-electron chi connectivity index (χ3n) is 3.44. The highest BCUT2D eigenvalue weighted by Crippen LogP contribution is 2.09. The number of unbranched alkanes of at least 4 members (excludes halogenated alkanes) is 6.